The highest BCUT2D eigenvalue weighted by Crippen LogP contribution is 2.44. The van der Waals surface area contributed by atoms with Crippen LogP contribution in [-0.4, -0.2) is 19.8 Å². The molecule has 2 aromatic heterocycles. The summed E-state index contributed by atoms with van der Waals surface area (Å²) >= 11 is 5.77. The van der Waals surface area contributed by atoms with Crippen molar-refractivity contribution in [3.8, 4) is 11.4 Å². The van der Waals surface area contributed by atoms with Gasteiger partial charge in [0, 0.05) is 23.3 Å². The largest absolute Gasteiger partial charge is 0.506 e. The van der Waals surface area contributed by atoms with Crippen LogP contribution in [0.15, 0.2) is 91.1 Å². The highest BCUT2D eigenvalue weighted by atomic mass is 32.1. The van der Waals surface area contributed by atoms with Crippen LogP contribution in [0.3, 0.4) is 0 Å². The van der Waals surface area contributed by atoms with Crippen molar-refractivity contribution in [3.05, 3.63) is 108 Å². The van der Waals surface area contributed by atoms with Crippen LogP contribution < -0.4 is 10.2 Å². The Balaban J connectivity index is 1.72. The maximum atomic E-state index is 10.7. The number of phenolic OH excluding ortho intramolecular Hbond substituents is 1. The average Bonchev–Trinajstić information content (AvgIpc) is 3.35. The molecule has 31 heavy (non-hydrogen) atoms. The van der Waals surface area contributed by atoms with Crippen molar-refractivity contribution in [2.24, 2.45) is 0 Å². The summed E-state index contributed by atoms with van der Waals surface area (Å²) in [6.07, 6.45) is 1.79. The van der Waals surface area contributed by atoms with Gasteiger partial charge >= 0.3 is 0 Å². The molecule has 0 spiro atoms. The van der Waals surface area contributed by atoms with Gasteiger partial charge in [0.2, 0.25) is 0 Å². The number of nitrogens with one attached hydrogen (secondary N) is 1. The van der Waals surface area contributed by atoms with E-state index in [2.05, 4.69) is 46.1 Å². The molecule has 0 aliphatic carbocycles. The average molecular weight is 427 g/mol. The molecular formula is C25H22N4OS. The second kappa shape index (κ2) is 7.89. The lowest BCUT2D eigenvalue weighted by molar-refractivity contribution is 0.472. The molecule has 2 unspecified atom stereocenters. The molecule has 6 heteroatoms. The Morgan fingerprint density at radius 1 is 0.903 bits per heavy atom. The van der Waals surface area contributed by atoms with E-state index < -0.39 is 0 Å². The van der Waals surface area contributed by atoms with E-state index in [1.165, 1.54) is 0 Å². The fourth-order valence-corrected chi connectivity index (χ4v) is 4.64. The minimum Gasteiger partial charge on any atom is -0.506 e. The SMILES string of the molecule is Cc1ccc(C2C(c3ccccn3)NC(=S)N2c2ccccc2O)n1-c1ccccc1. The second-order valence-corrected chi connectivity index (χ2v) is 7.94. The van der Waals surface area contributed by atoms with Crippen LogP contribution in [0.1, 0.15) is 29.2 Å². The Morgan fingerprint density at radius 2 is 1.65 bits per heavy atom. The minimum atomic E-state index is -0.204. The van der Waals surface area contributed by atoms with E-state index in [4.69, 9.17) is 12.2 Å². The Morgan fingerprint density at radius 3 is 2.39 bits per heavy atom. The Bertz CT molecular complexity index is 1220. The number of aromatic hydroxyl groups is 1. The number of hydrogen-bond acceptors (Lipinski definition) is 3. The van der Waals surface area contributed by atoms with Gasteiger partial charge in [0.25, 0.3) is 0 Å². The zero-order chi connectivity index (χ0) is 21.4. The number of benzene rings is 2. The zero-order valence-electron chi connectivity index (χ0n) is 17.0. The number of nitrogens with zero attached hydrogens (tertiary/aromatic N) is 3. The van der Waals surface area contributed by atoms with Crippen molar-refractivity contribution < 1.29 is 5.11 Å². The van der Waals surface area contributed by atoms with Gasteiger partial charge in [-0.05, 0) is 67.7 Å². The highest BCUT2D eigenvalue weighted by Gasteiger charge is 2.43. The fraction of sp³-hybridized carbons (Fsp3) is 0.120. The molecule has 154 valence electrons. The van der Waals surface area contributed by atoms with Gasteiger partial charge in [-0.1, -0.05) is 36.4 Å². The predicted octanol–water partition coefficient (Wildman–Crippen LogP) is 5.06. The first-order valence-electron chi connectivity index (χ1n) is 10.2. The molecule has 4 aromatic rings. The monoisotopic (exact) mass is 426 g/mol. The third-order valence-electron chi connectivity index (χ3n) is 5.66. The van der Waals surface area contributed by atoms with Crippen molar-refractivity contribution in [1.82, 2.24) is 14.9 Å². The second-order valence-electron chi connectivity index (χ2n) is 7.56. The van der Waals surface area contributed by atoms with Gasteiger partial charge in [-0.15, -0.1) is 0 Å². The molecule has 1 saturated heterocycles. The van der Waals surface area contributed by atoms with Crippen LogP contribution in [0.2, 0.25) is 0 Å². The molecule has 0 saturated carbocycles. The van der Waals surface area contributed by atoms with Gasteiger partial charge in [0.05, 0.1) is 17.4 Å². The number of phenols is 1. The first-order chi connectivity index (χ1) is 15.1. The molecule has 2 aromatic carbocycles. The van der Waals surface area contributed by atoms with E-state index in [1.54, 1.807) is 12.3 Å². The van der Waals surface area contributed by atoms with E-state index in [0.29, 0.717) is 10.8 Å². The Labute approximate surface area is 186 Å². The van der Waals surface area contributed by atoms with E-state index in [1.807, 2.05) is 59.5 Å². The first-order valence-corrected chi connectivity index (χ1v) is 10.6. The normalized spacial score (nSPS) is 18.2. The molecule has 1 aliphatic heterocycles. The third kappa shape index (κ3) is 3.35. The lowest BCUT2D eigenvalue weighted by Crippen LogP contribution is -2.30. The van der Waals surface area contributed by atoms with Gasteiger partial charge in [-0.3, -0.25) is 4.98 Å². The Hall–Kier alpha value is -3.64. The summed E-state index contributed by atoms with van der Waals surface area (Å²) in [5, 5.41) is 14.7. The van der Waals surface area contributed by atoms with Crippen molar-refractivity contribution in [2.45, 2.75) is 19.0 Å². The summed E-state index contributed by atoms with van der Waals surface area (Å²) < 4.78 is 2.24. The lowest BCUT2D eigenvalue weighted by Gasteiger charge is -2.29. The number of para-hydroxylation sites is 3. The molecule has 2 atom stereocenters. The number of rotatable bonds is 4. The summed E-state index contributed by atoms with van der Waals surface area (Å²) in [4.78, 5) is 6.61. The summed E-state index contributed by atoms with van der Waals surface area (Å²) in [5.74, 6) is 0.188. The zero-order valence-corrected chi connectivity index (χ0v) is 17.8. The summed E-state index contributed by atoms with van der Waals surface area (Å²) in [7, 11) is 0. The molecule has 0 radical (unpaired) electrons. The van der Waals surface area contributed by atoms with Crippen LogP contribution in [0.25, 0.3) is 5.69 Å². The predicted molar refractivity (Wildman–Crippen MR) is 127 cm³/mol. The first kappa shape index (κ1) is 19.3. The van der Waals surface area contributed by atoms with Crippen molar-refractivity contribution >= 4 is 23.0 Å². The molecule has 0 amide bonds. The van der Waals surface area contributed by atoms with Crippen LogP contribution in [0.5, 0.6) is 5.75 Å². The number of aromatic nitrogens is 2. The number of anilines is 1. The van der Waals surface area contributed by atoms with Crippen molar-refractivity contribution in [3.63, 3.8) is 0 Å². The number of hydrogen-bond donors (Lipinski definition) is 2. The van der Waals surface area contributed by atoms with Gasteiger partial charge in [-0.2, -0.15) is 0 Å². The van der Waals surface area contributed by atoms with Gasteiger partial charge < -0.3 is 19.9 Å². The smallest absolute Gasteiger partial charge is 0.174 e. The van der Waals surface area contributed by atoms with E-state index in [0.717, 1.165) is 22.8 Å². The van der Waals surface area contributed by atoms with Crippen molar-refractivity contribution in [1.29, 1.82) is 0 Å². The molecular weight excluding hydrogens is 404 g/mol. The van der Waals surface area contributed by atoms with E-state index >= 15 is 0 Å². The topological polar surface area (TPSA) is 53.3 Å². The van der Waals surface area contributed by atoms with Gasteiger partial charge in [0.15, 0.2) is 5.11 Å². The quantitative estimate of drug-likeness (QED) is 0.447. The highest BCUT2D eigenvalue weighted by molar-refractivity contribution is 7.80. The lowest BCUT2D eigenvalue weighted by atomic mass is 10.0. The maximum absolute atomic E-state index is 10.7. The standard InChI is InChI=1S/C25H22N4OS/c1-17-14-15-21(28(17)18-9-3-2-4-10-18)24-23(19-11-7-8-16-26-19)27-25(31)29(24)20-12-5-6-13-22(20)30/h2-16,23-24,30H,1H3,(H,27,31). The van der Waals surface area contributed by atoms with Crippen molar-refractivity contribution in [2.75, 3.05) is 4.90 Å². The molecule has 1 fully saturated rings. The van der Waals surface area contributed by atoms with Gasteiger partial charge in [0.1, 0.15) is 11.8 Å². The van der Waals surface area contributed by atoms with E-state index in [-0.39, 0.29) is 17.8 Å². The minimum absolute atomic E-state index is 0.176. The van der Waals surface area contributed by atoms with Crippen LogP contribution >= 0.6 is 12.2 Å². The molecule has 2 N–H and O–H groups in total. The molecule has 5 rings (SSSR count). The summed E-state index contributed by atoms with van der Waals surface area (Å²) in [6.45, 7) is 2.09. The van der Waals surface area contributed by atoms with Crippen LogP contribution in [-0.2, 0) is 0 Å². The summed E-state index contributed by atoms with van der Waals surface area (Å²) in [6, 6.07) is 27.3. The fourth-order valence-electron chi connectivity index (χ4n) is 4.30. The number of thiocarbonyl (C=S) groups is 1. The Kier molecular flexibility index (Phi) is 4.92. The van der Waals surface area contributed by atoms with Gasteiger partial charge in [-0.25, -0.2) is 0 Å². The maximum Gasteiger partial charge on any atom is 0.174 e. The third-order valence-corrected chi connectivity index (χ3v) is 5.98. The number of pyridine rings is 1. The molecule has 5 nitrogen and oxygen atoms in total. The van der Waals surface area contributed by atoms with E-state index in [9.17, 15) is 5.11 Å². The number of aryl methyl sites for hydroxylation is 1. The molecule has 3 heterocycles. The van der Waals surface area contributed by atoms with Crippen LogP contribution in [0.4, 0.5) is 5.69 Å². The molecule has 1 aliphatic rings. The summed E-state index contributed by atoms with van der Waals surface area (Å²) in [5.41, 5.74) is 4.83. The molecule has 0 bridgehead atoms. The van der Waals surface area contributed by atoms with Crippen LogP contribution in [0, 0.1) is 6.92 Å².